The lowest BCUT2D eigenvalue weighted by Gasteiger charge is -2.22. The molecule has 116 valence electrons. The highest BCUT2D eigenvalue weighted by atomic mass is 16.7. The van der Waals surface area contributed by atoms with E-state index >= 15 is 0 Å². The summed E-state index contributed by atoms with van der Waals surface area (Å²) in [6.07, 6.45) is -3.74. The van der Waals surface area contributed by atoms with Crippen LogP contribution in [0.5, 0.6) is 0 Å². The number of hydrogen-bond donors (Lipinski definition) is 1. The molecule has 1 N–H and O–H groups in total. The van der Waals surface area contributed by atoms with Gasteiger partial charge in [-0.05, 0) is 0 Å². The number of carbonyl (C=O) groups excluding carboxylic acids is 2. The lowest BCUT2D eigenvalue weighted by molar-refractivity contribution is -0.172. The molecular formula is C12H20O8. The first kappa shape index (κ1) is 16.8. The van der Waals surface area contributed by atoms with Crippen molar-refractivity contribution in [3.8, 4) is 0 Å². The SMILES string of the molecule is COCCO[C@@H]1C(OC(C)=O)C(O)O[C@@H]1COC(C)=O. The van der Waals surface area contributed by atoms with Crippen molar-refractivity contribution in [2.24, 2.45) is 0 Å². The fourth-order valence-corrected chi connectivity index (χ4v) is 1.83. The van der Waals surface area contributed by atoms with E-state index in [1.807, 2.05) is 0 Å². The fourth-order valence-electron chi connectivity index (χ4n) is 1.83. The van der Waals surface area contributed by atoms with Gasteiger partial charge in [0.25, 0.3) is 0 Å². The molecule has 8 heteroatoms. The van der Waals surface area contributed by atoms with Gasteiger partial charge in [-0.15, -0.1) is 0 Å². The summed E-state index contributed by atoms with van der Waals surface area (Å²) in [4.78, 5) is 21.9. The molecule has 8 nitrogen and oxygen atoms in total. The first-order chi connectivity index (χ1) is 9.45. The van der Waals surface area contributed by atoms with Gasteiger partial charge in [0.2, 0.25) is 0 Å². The molecule has 0 saturated carbocycles. The lowest BCUT2D eigenvalue weighted by atomic mass is 10.1. The average molecular weight is 292 g/mol. The van der Waals surface area contributed by atoms with E-state index in [4.69, 9.17) is 23.7 Å². The molecule has 2 unspecified atom stereocenters. The predicted molar refractivity (Wildman–Crippen MR) is 64.7 cm³/mol. The number of ether oxygens (including phenoxy) is 5. The molecule has 0 aromatic rings. The maximum Gasteiger partial charge on any atom is 0.303 e. The van der Waals surface area contributed by atoms with E-state index in [1.54, 1.807) is 0 Å². The van der Waals surface area contributed by atoms with Gasteiger partial charge in [0.05, 0.1) is 13.2 Å². The summed E-state index contributed by atoms with van der Waals surface area (Å²) in [6.45, 7) is 2.95. The summed E-state index contributed by atoms with van der Waals surface area (Å²) in [6, 6.07) is 0. The van der Waals surface area contributed by atoms with Crippen molar-refractivity contribution in [3.63, 3.8) is 0 Å². The van der Waals surface area contributed by atoms with Crippen molar-refractivity contribution in [3.05, 3.63) is 0 Å². The largest absolute Gasteiger partial charge is 0.463 e. The quantitative estimate of drug-likeness (QED) is 0.482. The molecule has 20 heavy (non-hydrogen) atoms. The number of hydrogen-bond acceptors (Lipinski definition) is 8. The Bertz CT molecular complexity index is 331. The Morgan fingerprint density at radius 3 is 2.40 bits per heavy atom. The van der Waals surface area contributed by atoms with Crippen LogP contribution in [0.15, 0.2) is 0 Å². The highest BCUT2D eigenvalue weighted by Gasteiger charge is 2.47. The minimum Gasteiger partial charge on any atom is -0.463 e. The number of methoxy groups -OCH3 is 1. The van der Waals surface area contributed by atoms with Crippen molar-refractivity contribution in [2.45, 2.75) is 38.4 Å². The van der Waals surface area contributed by atoms with Crippen LogP contribution in [0.3, 0.4) is 0 Å². The van der Waals surface area contributed by atoms with Crippen molar-refractivity contribution in [1.29, 1.82) is 0 Å². The van der Waals surface area contributed by atoms with E-state index in [2.05, 4.69) is 0 Å². The van der Waals surface area contributed by atoms with Crippen LogP contribution < -0.4 is 0 Å². The second kappa shape index (κ2) is 8.15. The summed E-state index contributed by atoms with van der Waals surface area (Å²) in [5.74, 6) is -1.04. The normalized spacial score (nSPS) is 29.2. The van der Waals surface area contributed by atoms with Crippen molar-refractivity contribution >= 4 is 11.9 Å². The minimum absolute atomic E-state index is 0.0954. The van der Waals surface area contributed by atoms with Crippen molar-refractivity contribution in [1.82, 2.24) is 0 Å². The predicted octanol–water partition coefficient (Wildman–Crippen LogP) is -0.770. The second-order valence-electron chi connectivity index (χ2n) is 4.27. The maximum absolute atomic E-state index is 11.0. The Morgan fingerprint density at radius 1 is 1.15 bits per heavy atom. The Balaban J connectivity index is 2.65. The average Bonchev–Trinajstić information content (AvgIpc) is 2.64. The number of aliphatic hydroxyl groups excluding tert-OH is 1. The number of carbonyl (C=O) groups is 2. The zero-order chi connectivity index (χ0) is 15.1. The highest BCUT2D eigenvalue weighted by molar-refractivity contribution is 5.66. The van der Waals surface area contributed by atoms with Crippen LogP contribution in [0.2, 0.25) is 0 Å². The number of aliphatic hydroxyl groups is 1. The van der Waals surface area contributed by atoms with Gasteiger partial charge in [-0.3, -0.25) is 9.59 Å². The molecule has 0 spiro atoms. The molecule has 0 aromatic carbocycles. The standard InChI is InChI=1S/C12H20O8/c1-7(13)18-6-9-10(17-5-4-16-3)11(12(15)20-9)19-8(2)14/h9-12,15H,4-6H2,1-3H3/t9-,10+,11?,12?/m1/s1. The van der Waals surface area contributed by atoms with Gasteiger partial charge in [-0.1, -0.05) is 0 Å². The van der Waals surface area contributed by atoms with Gasteiger partial charge in [0.1, 0.15) is 18.8 Å². The summed E-state index contributed by atoms with van der Waals surface area (Å²) in [5.41, 5.74) is 0. The molecule has 1 fully saturated rings. The third-order valence-corrected chi connectivity index (χ3v) is 2.64. The van der Waals surface area contributed by atoms with Crippen LogP contribution in [0.25, 0.3) is 0 Å². The van der Waals surface area contributed by atoms with Crippen LogP contribution in [0.1, 0.15) is 13.8 Å². The van der Waals surface area contributed by atoms with Crippen molar-refractivity contribution in [2.75, 3.05) is 26.9 Å². The summed E-state index contributed by atoms with van der Waals surface area (Å²) >= 11 is 0. The molecule has 0 aromatic heterocycles. The van der Waals surface area contributed by atoms with Gasteiger partial charge in [-0.2, -0.15) is 0 Å². The monoisotopic (exact) mass is 292 g/mol. The van der Waals surface area contributed by atoms with Crippen LogP contribution in [-0.2, 0) is 33.3 Å². The number of esters is 2. The lowest BCUT2D eigenvalue weighted by Crippen LogP contribution is -2.40. The van der Waals surface area contributed by atoms with Crippen molar-refractivity contribution < 1.29 is 38.4 Å². The van der Waals surface area contributed by atoms with E-state index in [9.17, 15) is 14.7 Å². The van der Waals surface area contributed by atoms with Gasteiger partial charge in [-0.25, -0.2) is 0 Å². The molecule has 0 amide bonds. The van der Waals surface area contributed by atoms with E-state index < -0.39 is 36.5 Å². The molecule has 1 rings (SSSR count). The number of rotatable bonds is 7. The summed E-state index contributed by atoms with van der Waals surface area (Å²) in [7, 11) is 1.52. The van der Waals surface area contributed by atoms with E-state index in [-0.39, 0.29) is 13.2 Å². The second-order valence-corrected chi connectivity index (χ2v) is 4.27. The molecule has 1 saturated heterocycles. The first-order valence-corrected chi connectivity index (χ1v) is 6.20. The Labute approximate surface area is 116 Å². The third-order valence-electron chi connectivity index (χ3n) is 2.64. The van der Waals surface area contributed by atoms with Gasteiger partial charge in [0, 0.05) is 21.0 Å². The minimum atomic E-state index is -1.33. The van der Waals surface area contributed by atoms with Gasteiger partial charge in [0.15, 0.2) is 12.4 Å². The smallest absolute Gasteiger partial charge is 0.303 e. The molecule has 1 aliphatic rings. The van der Waals surface area contributed by atoms with Crippen LogP contribution in [0, 0.1) is 0 Å². The van der Waals surface area contributed by atoms with Gasteiger partial charge < -0.3 is 28.8 Å². The molecule has 0 bridgehead atoms. The fraction of sp³-hybridized carbons (Fsp3) is 0.833. The Hall–Kier alpha value is -1.22. The Morgan fingerprint density at radius 2 is 1.85 bits per heavy atom. The van der Waals surface area contributed by atoms with Crippen LogP contribution >= 0.6 is 0 Å². The van der Waals surface area contributed by atoms with E-state index in [0.29, 0.717) is 6.61 Å². The zero-order valence-corrected chi connectivity index (χ0v) is 11.7. The highest BCUT2D eigenvalue weighted by Crippen LogP contribution is 2.26. The molecule has 0 radical (unpaired) electrons. The molecule has 1 aliphatic heterocycles. The maximum atomic E-state index is 11.0. The van der Waals surface area contributed by atoms with Gasteiger partial charge >= 0.3 is 11.9 Å². The van der Waals surface area contributed by atoms with Crippen LogP contribution in [-0.4, -0.2) is 68.6 Å². The Kier molecular flexibility index (Phi) is 6.86. The summed E-state index contributed by atoms with van der Waals surface area (Å²) in [5, 5.41) is 9.75. The van der Waals surface area contributed by atoms with E-state index in [0.717, 1.165) is 0 Å². The topological polar surface area (TPSA) is 101 Å². The van der Waals surface area contributed by atoms with Crippen LogP contribution in [0.4, 0.5) is 0 Å². The molecule has 1 heterocycles. The molecular weight excluding hydrogens is 272 g/mol. The zero-order valence-electron chi connectivity index (χ0n) is 11.7. The first-order valence-electron chi connectivity index (χ1n) is 6.20. The third kappa shape index (κ3) is 5.04. The molecule has 4 atom stereocenters. The summed E-state index contributed by atoms with van der Waals surface area (Å²) < 4.78 is 25.4. The molecule has 0 aliphatic carbocycles. The van der Waals surface area contributed by atoms with E-state index in [1.165, 1.54) is 21.0 Å².